The van der Waals surface area contributed by atoms with Crippen molar-refractivity contribution in [2.24, 2.45) is 0 Å². The molecule has 0 saturated carbocycles. The number of fused-ring (bicyclic) bond motifs is 1. The summed E-state index contributed by atoms with van der Waals surface area (Å²) in [6.07, 6.45) is -0.0788. The van der Waals surface area contributed by atoms with Gasteiger partial charge >= 0.3 is 5.97 Å². The number of rotatable bonds is 4. The molecule has 19 heavy (non-hydrogen) atoms. The number of benzene rings is 2. The average molecular weight is 260 g/mol. The van der Waals surface area contributed by atoms with Crippen LogP contribution in [-0.4, -0.2) is 24.3 Å². The minimum absolute atomic E-state index is 0.199. The quantitative estimate of drug-likeness (QED) is 0.859. The third-order valence-corrected chi connectivity index (χ3v) is 2.91. The number of hydrogen-bond donors (Lipinski definition) is 1. The number of hydrogen-bond acceptors (Lipinski definition) is 4. The van der Waals surface area contributed by atoms with Gasteiger partial charge in [-0.3, -0.25) is 0 Å². The van der Waals surface area contributed by atoms with Gasteiger partial charge in [-0.1, -0.05) is 19.1 Å². The Hall–Kier alpha value is -2.23. The van der Waals surface area contributed by atoms with Crippen LogP contribution in [0.1, 0.15) is 13.3 Å². The first kappa shape index (κ1) is 13.2. The van der Waals surface area contributed by atoms with Gasteiger partial charge in [0.25, 0.3) is 0 Å². The van der Waals surface area contributed by atoms with E-state index in [0.29, 0.717) is 12.2 Å². The largest absolute Gasteiger partial charge is 0.508 e. The molecular formula is C15H16O4. The monoisotopic (exact) mass is 260 g/mol. The number of ether oxygens (including phenoxy) is 2. The molecule has 2 aromatic carbocycles. The molecule has 2 rings (SSSR count). The molecule has 0 aromatic heterocycles. The topological polar surface area (TPSA) is 55.8 Å². The van der Waals surface area contributed by atoms with Crippen molar-refractivity contribution in [2.45, 2.75) is 19.4 Å². The summed E-state index contributed by atoms with van der Waals surface area (Å²) in [5.74, 6) is 0.388. The van der Waals surface area contributed by atoms with Crippen LogP contribution in [0.5, 0.6) is 11.5 Å². The van der Waals surface area contributed by atoms with E-state index in [-0.39, 0.29) is 5.75 Å². The van der Waals surface area contributed by atoms with Gasteiger partial charge in [-0.2, -0.15) is 0 Å². The van der Waals surface area contributed by atoms with Gasteiger partial charge < -0.3 is 14.6 Å². The zero-order chi connectivity index (χ0) is 13.8. The summed E-state index contributed by atoms with van der Waals surface area (Å²) >= 11 is 0. The molecule has 100 valence electrons. The zero-order valence-electron chi connectivity index (χ0n) is 10.9. The Bertz CT molecular complexity index is 592. The van der Waals surface area contributed by atoms with Crippen LogP contribution in [0.25, 0.3) is 10.8 Å². The molecule has 0 fully saturated rings. The molecule has 0 amide bonds. The maximum atomic E-state index is 11.5. The predicted molar refractivity (Wildman–Crippen MR) is 72.3 cm³/mol. The molecule has 0 aliphatic heterocycles. The lowest BCUT2D eigenvalue weighted by molar-refractivity contribution is -0.148. The number of phenols is 1. The highest BCUT2D eigenvalue weighted by Gasteiger charge is 2.18. The summed E-state index contributed by atoms with van der Waals surface area (Å²) in [6.45, 7) is 1.86. The number of carbonyl (C=O) groups is 1. The van der Waals surface area contributed by atoms with Crippen LogP contribution in [0.4, 0.5) is 0 Å². The molecule has 1 N–H and O–H groups in total. The second kappa shape index (κ2) is 5.61. The normalized spacial score (nSPS) is 12.1. The molecule has 0 aliphatic rings. The SMILES string of the molecule is CCC(Oc1ccc2ccc(O)cc2c1)C(=O)OC. The van der Waals surface area contributed by atoms with E-state index in [1.54, 1.807) is 24.3 Å². The first-order valence-electron chi connectivity index (χ1n) is 6.11. The van der Waals surface area contributed by atoms with Crippen molar-refractivity contribution in [3.63, 3.8) is 0 Å². The molecule has 1 unspecified atom stereocenters. The first-order chi connectivity index (χ1) is 9.13. The molecule has 0 saturated heterocycles. The molecular weight excluding hydrogens is 244 g/mol. The van der Waals surface area contributed by atoms with Crippen molar-refractivity contribution < 1.29 is 19.4 Å². The van der Waals surface area contributed by atoms with Gasteiger partial charge in [0.1, 0.15) is 11.5 Å². The average Bonchev–Trinajstić information content (AvgIpc) is 2.43. The van der Waals surface area contributed by atoms with E-state index in [2.05, 4.69) is 4.74 Å². The second-order valence-corrected chi connectivity index (χ2v) is 4.23. The minimum atomic E-state index is -0.611. The fourth-order valence-corrected chi connectivity index (χ4v) is 1.88. The van der Waals surface area contributed by atoms with E-state index in [9.17, 15) is 9.90 Å². The third kappa shape index (κ3) is 2.96. The lowest BCUT2D eigenvalue weighted by atomic mass is 10.1. The Labute approximate surface area is 111 Å². The van der Waals surface area contributed by atoms with E-state index in [0.717, 1.165) is 10.8 Å². The van der Waals surface area contributed by atoms with Gasteiger partial charge in [0.2, 0.25) is 0 Å². The van der Waals surface area contributed by atoms with E-state index in [1.165, 1.54) is 7.11 Å². The van der Waals surface area contributed by atoms with Gasteiger partial charge in [-0.05, 0) is 41.5 Å². The molecule has 2 aromatic rings. The highest BCUT2D eigenvalue weighted by Crippen LogP contribution is 2.25. The number of esters is 1. The van der Waals surface area contributed by atoms with Crippen molar-refractivity contribution in [1.82, 2.24) is 0 Å². The predicted octanol–water partition coefficient (Wildman–Crippen LogP) is 2.88. The number of methoxy groups -OCH3 is 1. The van der Waals surface area contributed by atoms with Crippen LogP contribution in [0.15, 0.2) is 36.4 Å². The van der Waals surface area contributed by atoms with Gasteiger partial charge in [-0.25, -0.2) is 4.79 Å². The fraction of sp³-hybridized carbons (Fsp3) is 0.267. The minimum Gasteiger partial charge on any atom is -0.508 e. The molecule has 4 heteroatoms. The lowest BCUT2D eigenvalue weighted by Crippen LogP contribution is -2.27. The molecule has 4 nitrogen and oxygen atoms in total. The molecule has 0 radical (unpaired) electrons. The Morgan fingerprint density at radius 3 is 2.63 bits per heavy atom. The fourth-order valence-electron chi connectivity index (χ4n) is 1.88. The standard InChI is InChI=1S/C15H16O4/c1-3-14(15(17)18-2)19-13-7-5-10-4-6-12(16)8-11(10)9-13/h4-9,14,16H,3H2,1-2H3. The molecule has 0 heterocycles. The highest BCUT2D eigenvalue weighted by atomic mass is 16.6. The summed E-state index contributed by atoms with van der Waals surface area (Å²) in [7, 11) is 1.34. The number of phenolic OH excluding ortho intramolecular Hbond substituents is 1. The first-order valence-corrected chi connectivity index (χ1v) is 6.11. The lowest BCUT2D eigenvalue weighted by Gasteiger charge is -2.15. The van der Waals surface area contributed by atoms with Gasteiger partial charge in [0.15, 0.2) is 6.10 Å². The number of carbonyl (C=O) groups excluding carboxylic acids is 1. The molecule has 0 bridgehead atoms. The summed E-state index contributed by atoms with van der Waals surface area (Å²) in [5, 5.41) is 11.3. The summed E-state index contributed by atoms with van der Waals surface area (Å²) < 4.78 is 10.3. The molecule has 1 atom stereocenters. The van der Waals surface area contributed by atoms with E-state index in [1.807, 2.05) is 19.1 Å². The van der Waals surface area contributed by atoms with E-state index >= 15 is 0 Å². The summed E-state index contributed by atoms with van der Waals surface area (Å²) in [5.41, 5.74) is 0. The van der Waals surface area contributed by atoms with Gasteiger partial charge in [-0.15, -0.1) is 0 Å². The zero-order valence-corrected chi connectivity index (χ0v) is 10.9. The maximum Gasteiger partial charge on any atom is 0.347 e. The second-order valence-electron chi connectivity index (χ2n) is 4.23. The van der Waals surface area contributed by atoms with Crippen molar-refractivity contribution >= 4 is 16.7 Å². The van der Waals surface area contributed by atoms with Crippen LogP contribution in [0.3, 0.4) is 0 Å². The van der Waals surface area contributed by atoms with Crippen LogP contribution in [0.2, 0.25) is 0 Å². The van der Waals surface area contributed by atoms with Crippen LogP contribution in [-0.2, 0) is 9.53 Å². The maximum absolute atomic E-state index is 11.5. The van der Waals surface area contributed by atoms with Crippen molar-refractivity contribution in [2.75, 3.05) is 7.11 Å². The Kier molecular flexibility index (Phi) is 3.90. The van der Waals surface area contributed by atoms with Crippen LogP contribution >= 0.6 is 0 Å². The Morgan fingerprint density at radius 1 is 1.21 bits per heavy atom. The summed E-state index contributed by atoms with van der Waals surface area (Å²) in [6, 6.07) is 10.6. The smallest absolute Gasteiger partial charge is 0.347 e. The van der Waals surface area contributed by atoms with E-state index < -0.39 is 12.1 Å². The number of aromatic hydroxyl groups is 1. The molecule has 0 spiro atoms. The van der Waals surface area contributed by atoms with Gasteiger partial charge in [0.05, 0.1) is 7.11 Å². The highest BCUT2D eigenvalue weighted by molar-refractivity contribution is 5.85. The van der Waals surface area contributed by atoms with Crippen molar-refractivity contribution in [1.29, 1.82) is 0 Å². The Balaban J connectivity index is 2.27. The van der Waals surface area contributed by atoms with Crippen LogP contribution in [0, 0.1) is 0 Å². The van der Waals surface area contributed by atoms with Crippen LogP contribution < -0.4 is 4.74 Å². The Morgan fingerprint density at radius 2 is 1.95 bits per heavy atom. The summed E-state index contributed by atoms with van der Waals surface area (Å²) in [4.78, 5) is 11.5. The van der Waals surface area contributed by atoms with Gasteiger partial charge in [0, 0.05) is 0 Å². The van der Waals surface area contributed by atoms with Crippen molar-refractivity contribution in [3.8, 4) is 11.5 Å². The van der Waals surface area contributed by atoms with E-state index in [4.69, 9.17) is 4.74 Å². The molecule has 0 aliphatic carbocycles. The van der Waals surface area contributed by atoms with Crippen molar-refractivity contribution in [3.05, 3.63) is 36.4 Å². The third-order valence-electron chi connectivity index (χ3n) is 2.91.